The molecule has 4 rings (SSSR count). The highest BCUT2D eigenvalue weighted by atomic mass is 16.3. The molecule has 0 atom stereocenters. The molecular formula is C31H34O. The number of rotatable bonds is 4. The standard InChI is InChI=1S/C24H26O.C7H8/c1-23(2,18-12-7-5-8-13-18)20-16-11-17-21(25)22(20)24(3,4)19-14-9-6-10-15-19;1-7-5-3-2-4-6-7/h5-17,25H,1-4H3;2-6H,1H3. The molecule has 1 N–H and O–H groups in total. The Bertz CT molecular complexity index is 1110. The fourth-order valence-electron chi connectivity index (χ4n) is 4.26. The second kappa shape index (κ2) is 9.87. The lowest BCUT2D eigenvalue weighted by Crippen LogP contribution is -2.28. The molecule has 0 saturated heterocycles. The van der Waals surface area contributed by atoms with Gasteiger partial charge in [0.15, 0.2) is 0 Å². The van der Waals surface area contributed by atoms with E-state index in [9.17, 15) is 5.11 Å². The van der Waals surface area contributed by atoms with E-state index in [0.29, 0.717) is 5.75 Å². The molecule has 0 amide bonds. The third-order valence-corrected chi connectivity index (χ3v) is 6.27. The summed E-state index contributed by atoms with van der Waals surface area (Å²) < 4.78 is 0. The van der Waals surface area contributed by atoms with Crippen LogP contribution in [0.15, 0.2) is 109 Å². The maximum absolute atomic E-state index is 10.8. The molecule has 0 saturated carbocycles. The van der Waals surface area contributed by atoms with Gasteiger partial charge in [0, 0.05) is 16.4 Å². The zero-order valence-electron chi connectivity index (χ0n) is 19.8. The van der Waals surface area contributed by atoms with Gasteiger partial charge in [-0.1, -0.05) is 136 Å². The Balaban J connectivity index is 0.000000352. The van der Waals surface area contributed by atoms with Crippen molar-refractivity contribution in [2.24, 2.45) is 0 Å². The van der Waals surface area contributed by atoms with E-state index in [1.165, 1.54) is 16.7 Å². The molecule has 0 bridgehead atoms. The van der Waals surface area contributed by atoms with Crippen molar-refractivity contribution in [3.05, 3.63) is 137 Å². The van der Waals surface area contributed by atoms with Crippen LogP contribution in [0, 0.1) is 6.92 Å². The monoisotopic (exact) mass is 422 g/mol. The van der Waals surface area contributed by atoms with Gasteiger partial charge < -0.3 is 5.11 Å². The lowest BCUT2D eigenvalue weighted by atomic mass is 9.68. The molecule has 0 unspecified atom stereocenters. The molecule has 0 spiro atoms. The van der Waals surface area contributed by atoms with Crippen LogP contribution < -0.4 is 0 Å². The predicted molar refractivity (Wildman–Crippen MR) is 136 cm³/mol. The Morgan fingerprint density at radius 3 is 1.38 bits per heavy atom. The summed E-state index contributed by atoms with van der Waals surface area (Å²) in [5, 5.41) is 10.8. The van der Waals surface area contributed by atoms with Gasteiger partial charge >= 0.3 is 0 Å². The summed E-state index contributed by atoms with van der Waals surface area (Å²) in [6, 6.07) is 37.0. The minimum absolute atomic E-state index is 0.207. The van der Waals surface area contributed by atoms with Crippen molar-refractivity contribution < 1.29 is 5.11 Å². The van der Waals surface area contributed by atoms with Gasteiger partial charge in [-0.2, -0.15) is 0 Å². The summed E-state index contributed by atoms with van der Waals surface area (Å²) in [7, 11) is 0. The zero-order chi connectivity index (χ0) is 23.2. The van der Waals surface area contributed by atoms with E-state index in [2.05, 4.69) is 101 Å². The van der Waals surface area contributed by atoms with Crippen molar-refractivity contribution in [1.82, 2.24) is 0 Å². The van der Waals surface area contributed by atoms with Crippen LogP contribution in [0.1, 0.15) is 55.5 Å². The van der Waals surface area contributed by atoms with Crippen molar-refractivity contribution in [2.45, 2.75) is 45.4 Å². The van der Waals surface area contributed by atoms with Crippen LogP contribution in [0.3, 0.4) is 0 Å². The van der Waals surface area contributed by atoms with Crippen LogP contribution in [-0.2, 0) is 10.8 Å². The Kier molecular flexibility index (Phi) is 7.20. The quantitative estimate of drug-likeness (QED) is 0.353. The maximum Gasteiger partial charge on any atom is 0.119 e. The lowest BCUT2D eigenvalue weighted by molar-refractivity contribution is 0.445. The van der Waals surface area contributed by atoms with Gasteiger partial charge in [-0.25, -0.2) is 0 Å². The normalized spacial score (nSPS) is 11.4. The van der Waals surface area contributed by atoms with Gasteiger partial charge in [-0.15, -0.1) is 0 Å². The first-order valence-electron chi connectivity index (χ1n) is 11.2. The third-order valence-electron chi connectivity index (χ3n) is 6.27. The molecule has 32 heavy (non-hydrogen) atoms. The molecule has 4 aromatic rings. The van der Waals surface area contributed by atoms with E-state index in [0.717, 1.165) is 11.1 Å². The van der Waals surface area contributed by atoms with Crippen LogP contribution in [0.4, 0.5) is 0 Å². The van der Waals surface area contributed by atoms with E-state index < -0.39 is 0 Å². The molecule has 0 aliphatic rings. The lowest BCUT2D eigenvalue weighted by Gasteiger charge is -2.35. The van der Waals surface area contributed by atoms with Crippen LogP contribution in [-0.4, -0.2) is 5.11 Å². The number of phenolic OH excluding ortho intramolecular Hbond substituents is 1. The number of aromatic hydroxyl groups is 1. The van der Waals surface area contributed by atoms with Crippen LogP contribution in [0.5, 0.6) is 5.75 Å². The van der Waals surface area contributed by atoms with E-state index in [1.807, 2.05) is 36.4 Å². The van der Waals surface area contributed by atoms with E-state index in [4.69, 9.17) is 0 Å². The molecular weight excluding hydrogens is 388 g/mol. The number of aryl methyl sites for hydroxylation is 1. The van der Waals surface area contributed by atoms with Gasteiger partial charge in [0.05, 0.1) is 0 Å². The topological polar surface area (TPSA) is 20.2 Å². The van der Waals surface area contributed by atoms with Crippen LogP contribution >= 0.6 is 0 Å². The average Bonchev–Trinajstić information content (AvgIpc) is 2.81. The molecule has 164 valence electrons. The largest absolute Gasteiger partial charge is 0.508 e. The van der Waals surface area contributed by atoms with Crippen LogP contribution in [0.25, 0.3) is 0 Å². The SMILES string of the molecule is CC(C)(c1ccccc1)c1cccc(O)c1C(C)(C)c1ccccc1.Cc1ccccc1. The number of phenols is 1. The summed E-state index contributed by atoms with van der Waals surface area (Å²) in [4.78, 5) is 0. The van der Waals surface area contributed by atoms with Crippen LogP contribution in [0.2, 0.25) is 0 Å². The van der Waals surface area contributed by atoms with Gasteiger partial charge in [0.1, 0.15) is 5.75 Å². The smallest absolute Gasteiger partial charge is 0.119 e. The minimum Gasteiger partial charge on any atom is -0.508 e. The molecule has 0 radical (unpaired) electrons. The molecule has 0 aromatic heterocycles. The summed E-state index contributed by atoms with van der Waals surface area (Å²) >= 11 is 0. The van der Waals surface area contributed by atoms with E-state index in [1.54, 1.807) is 6.07 Å². The second-order valence-electron chi connectivity index (χ2n) is 9.34. The summed E-state index contributed by atoms with van der Waals surface area (Å²) in [5.74, 6) is 0.357. The van der Waals surface area contributed by atoms with Crippen molar-refractivity contribution in [1.29, 1.82) is 0 Å². The second-order valence-corrected chi connectivity index (χ2v) is 9.34. The Labute approximate surface area is 193 Å². The van der Waals surface area contributed by atoms with Crippen molar-refractivity contribution in [3.63, 3.8) is 0 Å². The van der Waals surface area contributed by atoms with E-state index in [-0.39, 0.29) is 10.8 Å². The number of benzene rings is 4. The highest BCUT2D eigenvalue weighted by Gasteiger charge is 2.34. The van der Waals surface area contributed by atoms with Crippen molar-refractivity contribution in [3.8, 4) is 5.75 Å². The number of hydrogen-bond acceptors (Lipinski definition) is 1. The summed E-state index contributed by atoms with van der Waals surface area (Å²) in [6.45, 7) is 10.9. The fourth-order valence-corrected chi connectivity index (χ4v) is 4.26. The fraction of sp³-hybridized carbons (Fsp3) is 0.226. The van der Waals surface area contributed by atoms with Gasteiger partial charge in [0.25, 0.3) is 0 Å². The first-order valence-corrected chi connectivity index (χ1v) is 11.2. The highest BCUT2D eigenvalue weighted by Crippen LogP contribution is 2.44. The van der Waals surface area contributed by atoms with E-state index >= 15 is 0 Å². The van der Waals surface area contributed by atoms with Gasteiger partial charge in [-0.3, -0.25) is 0 Å². The first kappa shape index (κ1) is 23.3. The Morgan fingerprint density at radius 1 is 0.500 bits per heavy atom. The molecule has 4 aromatic carbocycles. The molecule has 1 heteroatoms. The minimum atomic E-state index is -0.298. The Morgan fingerprint density at radius 2 is 0.938 bits per heavy atom. The summed E-state index contributed by atoms with van der Waals surface area (Å²) in [6.07, 6.45) is 0. The molecule has 1 nitrogen and oxygen atoms in total. The molecule has 0 aliphatic carbocycles. The zero-order valence-corrected chi connectivity index (χ0v) is 19.8. The van der Waals surface area contributed by atoms with Gasteiger partial charge in [-0.05, 0) is 29.7 Å². The average molecular weight is 423 g/mol. The first-order chi connectivity index (χ1) is 15.2. The van der Waals surface area contributed by atoms with Crippen molar-refractivity contribution >= 4 is 0 Å². The number of hydrogen-bond donors (Lipinski definition) is 1. The highest BCUT2D eigenvalue weighted by molar-refractivity contribution is 5.54. The van der Waals surface area contributed by atoms with Crippen molar-refractivity contribution in [2.75, 3.05) is 0 Å². The maximum atomic E-state index is 10.8. The third kappa shape index (κ3) is 5.11. The summed E-state index contributed by atoms with van der Waals surface area (Å²) in [5.41, 5.74) is 5.41. The molecule has 0 aliphatic heterocycles. The van der Waals surface area contributed by atoms with Gasteiger partial charge in [0.2, 0.25) is 0 Å². The molecule has 0 heterocycles. The Hall–Kier alpha value is -3.32. The predicted octanol–water partition coefficient (Wildman–Crippen LogP) is 8.04. The molecule has 0 fully saturated rings.